The summed E-state index contributed by atoms with van der Waals surface area (Å²) in [4.78, 5) is 18.8. The Kier molecular flexibility index (Phi) is 4.12. The number of aromatic nitrogens is 3. The normalized spacial score (nSPS) is 19.8. The van der Waals surface area contributed by atoms with E-state index in [1.165, 1.54) is 6.33 Å². The van der Waals surface area contributed by atoms with Crippen molar-refractivity contribution >= 4 is 11.7 Å². The molecular weight excluding hydrogens is 344 g/mol. The number of anilines is 1. The number of Topliss-reactive ketones (excluding diaryl/α,β-unsaturated/α-hetero) is 1. The second-order valence-electron chi connectivity index (χ2n) is 6.37. The Morgan fingerprint density at radius 1 is 1.37 bits per heavy atom. The third-order valence-electron chi connectivity index (χ3n) is 4.98. The molecule has 0 radical (unpaired) electrons. The molecule has 0 amide bonds. The Morgan fingerprint density at radius 3 is 2.89 bits per heavy atom. The zero-order chi connectivity index (χ0) is 19.0. The lowest BCUT2D eigenvalue weighted by molar-refractivity contribution is -0.116. The monoisotopic (exact) mass is 362 g/mol. The Morgan fingerprint density at radius 2 is 2.19 bits per heavy atom. The highest BCUT2D eigenvalue weighted by molar-refractivity contribution is 6.01. The number of aromatic amines is 1. The van der Waals surface area contributed by atoms with Gasteiger partial charge in [-0.15, -0.1) is 0 Å². The van der Waals surface area contributed by atoms with Crippen molar-refractivity contribution < 1.29 is 9.53 Å². The van der Waals surface area contributed by atoms with E-state index < -0.39 is 5.92 Å². The number of rotatable bonds is 3. The number of nitrogens with zero attached hydrogens (tertiary/aromatic N) is 4. The molecule has 2 aromatic rings. The van der Waals surface area contributed by atoms with Gasteiger partial charge in [-0.3, -0.25) is 9.69 Å². The standard InChI is InChI=1S/C19H18N6O2/c1-27-15-8-3-2-5-11(15)16-12(9-20)18(21)25(19-22-10-23-24-19)13-6-4-7-14(26)17(13)16/h2-3,5,8,10,16H,4,6-7,21H2,1H3,(H,22,23,24). The molecule has 2 heterocycles. The van der Waals surface area contributed by atoms with Gasteiger partial charge in [0.1, 0.15) is 17.9 Å². The van der Waals surface area contributed by atoms with Crippen LogP contribution in [0.25, 0.3) is 0 Å². The molecule has 1 unspecified atom stereocenters. The minimum Gasteiger partial charge on any atom is -0.496 e. The average Bonchev–Trinajstić information content (AvgIpc) is 3.21. The Balaban J connectivity index is 2.00. The molecule has 4 rings (SSSR count). The maximum atomic E-state index is 13.0. The van der Waals surface area contributed by atoms with E-state index in [0.717, 1.165) is 17.7 Å². The summed E-state index contributed by atoms with van der Waals surface area (Å²) in [6.07, 6.45) is 3.18. The van der Waals surface area contributed by atoms with Gasteiger partial charge in [0.05, 0.1) is 24.7 Å². The van der Waals surface area contributed by atoms with Crippen LogP contribution >= 0.6 is 0 Å². The van der Waals surface area contributed by atoms with Gasteiger partial charge in [0.2, 0.25) is 5.95 Å². The number of hydrogen-bond donors (Lipinski definition) is 2. The molecular formula is C19H18N6O2. The van der Waals surface area contributed by atoms with Gasteiger partial charge in [0, 0.05) is 23.3 Å². The zero-order valence-corrected chi connectivity index (χ0v) is 14.8. The van der Waals surface area contributed by atoms with E-state index in [4.69, 9.17) is 10.5 Å². The summed E-state index contributed by atoms with van der Waals surface area (Å²) in [7, 11) is 1.57. The van der Waals surface area contributed by atoms with E-state index in [2.05, 4.69) is 21.3 Å². The van der Waals surface area contributed by atoms with Crippen LogP contribution in [-0.4, -0.2) is 28.1 Å². The van der Waals surface area contributed by atoms with Crippen molar-refractivity contribution in [3.63, 3.8) is 0 Å². The lowest BCUT2D eigenvalue weighted by atomic mass is 9.75. The molecule has 136 valence electrons. The third kappa shape index (κ3) is 2.56. The van der Waals surface area contributed by atoms with Gasteiger partial charge in [-0.1, -0.05) is 18.2 Å². The molecule has 1 aromatic heterocycles. The predicted molar refractivity (Wildman–Crippen MR) is 97.3 cm³/mol. The second kappa shape index (κ2) is 6.61. The molecule has 0 bridgehead atoms. The van der Waals surface area contributed by atoms with Crippen LogP contribution in [0.3, 0.4) is 0 Å². The summed E-state index contributed by atoms with van der Waals surface area (Å²) in [5.41, 5.74) is 8.79. The number of hydrogen-bond acceptors (Lipinski definition) is 7. The first-order valence-electron chi connectivity index (χ1n) is 8.61. The number of nitrogens with two attached hydrogens (primary N) is 1. The first kappa shape index (κ1) is 16.8. The molecule has 1 aromatic carbocycles. The minimum absolute atomic E-state index is 0.0110. The minimum atomic E-state index is -0.562. The van der Waals surface area contributed by atoms with Crippen LogP contribution in [0, 0.1) is 11.3 Å². The van der Waals surface area contributed by atoms with Crippen molar-refractivity contribution in [3.05, 3.63) is 58.8 Å². The lowest BCUT2D eigenvalue weighted by Gasteiger charge is -2.38. The number of H-pyrrole nitrogens is 1. The molecule has 1 aliphatic carbocycles. The van der Waals surface area contributed by atoms with Crippen molar-refractivity contribution in [2.24, 2.45) is 5.73 Å². The van der Waals surface area contributed by atoms with Crippen LogP contribution in [0.4, 0.5) is 5.95 Å². The first-order valence-corrected chi connectivity index (χ1v) is 8.61. The molecule has 27 heavy (non-hydrogen) atoms. The number of nitrogens with one attached hydrogen (secondary N) is 1. The van der Waals surface area contributed by atoms with Crippen molar-refractivity contribution in [3.8, 4) is 11.8 Å². The van der Waals surface area contributed by atoms with E-state index in [-0.39, 0.29) is 11.6 Å². The first-order chi connectivity index (χ1) is 13.2. The van der Waals surface area contributed by atoms with Gasteiger partial charge < -0.3 is 10.5 Å². The second-order valence-corrected chi connectivity index (χ2v) is 6.37. The number of ketones is 1. The van der Waals surface area contributed by atoms with Crippen molar-refractivity contribution in [1.29, 1.82) is 5.26 Å². The number of para-hydroxylation sites is 1. The smallest absolute Gasteiger partial charge is 0.231 e. The van der Waals surface area contributed by atoms with Crippen LogP contribution in [0.1, 0.15) is 30.7 Å². The molecule has 8 heteroatoms. The van der Waals surface area contributed by atoms with Gasteiger partial charge in [-0.05, 0) is 18.9 Å². The van der Waals surface area contributed by atoms with E-state index in [1.807, 2.05) is 24.3 Å². The Hall–Kier alpha value is -3.60. The molecule has 2 aliphatic rings. The molecule has 1 aliphatic heterocycles. The van der Waals surface area contributed by atoms with Crippen LogP contribution < -0.4 is 15.4 Å². The maximum absolute atomic E-state index is 13.0. The molecule has 8 nitrogen and oxygen atoms in total. The highest BCUT2D eigenvalue weighted by atomic mass is 16.5. The van der Waals surface area contributed by atoms with Gasteiger partial charge in [-0.25, -0.2) is 5.10 Å². The highest BCUT2D eigenvalue weighted by Crippen LogP contribution is 2.47. The van der Waals surface area contributed by atoms with Crippen molar-refractivity contribution in [1.82, 2.24) is 15.2 Å². The summed E-state index contributed by atoms with van der Waals surface area (Å²) in [6.45, 7) is 0. The summed E-state index contributed by atoms with van der Waals surface area (Å²) in [6, 6.07) is 9.60. The van der Waals surface area contributed by atoms with E-state index >= 15 is 0 Å². The number of carbonyl (C=O) groups is 1. The van der Waals surface area contributed by atoms with E-state index in [1.54, 1.807) is 12.0 Å². The molecule has 0 saturated heterocycles. The van der Waals surface area contributed by atoms with Crippen LogP contribution in [0.15, 0.2) is 53.3 Å². The number of allylic oxidation sites excluding steroid dienone is 3. The number of ether oxygens (including phenoxy) is 1. The zero-order valence-electron chi connectivity index (χ0n) is 14.8. The van der Waals surface area contributed by atoms with E-state index in [0.29, 0.717) is 35.7 Å². The molecule has 0 saturated carbocycles. The largest absolute Gasteiger partial charge is 0.496 e. The van der Waals surface area contributed by atoms with Crippen LogP contribution in [-0.2, 0) is 4.79 Å². The maximum Gasteiger partial charge on any atom is 0.231 e. The van der Waals surface area contributed by atoms with Gasteiger partial charge in [0.25, 0.3) is 0 Å². The highest BCUT2D eigenvalue weighted by Gasteiger charge is 2.41. The number of carbonyl (C=O) groups excluding carboxylic acids is 1. The van der Waals surface area contributed by atoms with Gasteiger partial charge in [0.15, 0.2) is 5.78 Å². The number of methoxy groups -OCH3 is 1. The van der Waals surface area contributed by atoms with Gasteiger partial charge in [-0.2, -0.15) is 15.3 Å². The summed E-state index contributed by atoms with van der Waals surface area (Å²) < 4.78 is 5.49. The fourth-order valence-corrected chi connectivity index (χ4v) is 3.85. The van der Waals surface area contributed by atoms with Gasteiger partial charge >= 0.3 is 0 Å². The van der Waals surface area contributed by atoms with Crippen LogP contribution in [0.5, 0.6) is 5.75 Å². The summed E-state index contributed by atoms with van der Waals surface area (Å²) in [5.74, 6) is 0.700. The van der Waals surface area contributed by atoms with Crippen molar-refractivity contribution in [2.75, 3.05) is 12.0 Å². The Bertz CT molecular complexity index is 999. The Labute approximate surface area is 155 Å². The average molecular weight is 362 g/mol. The quantitative estimate of drug-likeness (QED) is 0.857. The van der Waals surface area contributed by atoms with Crippen LogP contribution in [0.2, 0.25) is 0 Å². The summed E-state index contributed by atoms with van der Waals surface area (Å²) in [5, 5.41) is 16.6. The molecule has 1 atom stereocenters. The number of benzene rings is 1. The SMILES string of the molecule is COc1ccccc1C1C(C#N)=C(N)N(c2ncn[nH]2)C2=C1C(=O)CCC2. The summed E-state index contributed by atoms with van der Waals surface area (Å²) >= 11 is 0. The lowest BCUT2D eigenvalue weighted by Crippen LogP contribution is -2.39. The molecule has 0 spiro atoms. The number of nitriles is 1. The fraction of sp³-hybridized carbons (Fsp3) is 0.263. The topological polar surface area (TPSA) is 121 Å². The third-order valence-corrected chi connectivity index (χ3v) is 4.98. The van der Waals surface area contributed by atoms with E-state index in [9.17, 15) is 10.1 Å². The predicted octanol–water partition coefficient (Wildman–Crippen LogP) is 2.12. The molecule has 3 N–H and O–H groups in total. The fourth-order valence-electron chi connectivity index (χ4n) is 3.85. The van der Waals surface area contributed by atoms with Crippen molar-refractivity contribution in [2.45, 2.75) is 25.2 Å². The molecule has 0 fully saturated rings.